The first kappa shape index (κ1) is 10.0. The maximum atomic E-state index is 5.09. The molecule has 0 radical (unpaired) electrons. The van der Waals surface area contributed by atoms with Gasteiger partial charge in [-0.25, -0.2) is 4.58 Å². The molecular weight excluding hydrogens is 140 g/mol. The summed E-state index contributed by atoms with van der Waals surface area (Å²) in [6.07, 6.45) is 3.83. The summed E-state index contributed by atoms with van der Waals surface area (Å²) in [5.41, 5.74) is 0. The molecular formula is C8H17N2O+. The highest BCUT2D eigenvalue weighted by molar-refractivity contribution is 5.70. The van der Waals surface area contributed by atoms with Crippen LogP contribution in [0.25, 0.3) is 0 Å². The topological polar surface area (TPSA) is 15.5 Å². The van der Waals surface area contributed by atoms with E-state index in [4.69, 9.17) is 4.74 Å². The Morgan fingerprint density at radius 3 is 2.18 bits per heavy atom. The first-order valence-corrected chi connectivity index (χ1v) is 3.49. The Hall–Kier alpha value is -0.990. The van der Waals surface area contributed by atoms with E-state index in [-0.39, 0.29) is 0 Å². The van der Waals surface area contributed by atoms with Gasteiger partial charge in [0.15, 0.2) is 5.76 Å². The van der Waals surface area contributed by atoms with Gasteiger partial charge in [0, 0.05) is 20.3 Å². The number of hydrogen-bond donors (Lipinski definition) is 0. The molecule has 0 amide bonds. The largest absolute Gasteiger partial charge is 0.490 e. The lowest BCUT2D eigenvalue weighted by molar-refractivity contribution is -0.459. The smallest absolute Gasteiger partial charge is 0.206 e. The normalized spacial score (nSPS) is 10.8. The average Bonchev–Trinajstić information content (AvgIpc) is 1.84. The highest BCUT2D eigenvalue weighted by atomic mass is 16.5. The predicted octanol–water partition coefficient (Wildman–Crippen LogP) is 0.379. The van der Waals surface area contributed by atoms with Crippen LogP contribution in [0, 0.1) is 0 Å². The summed E-state index contributed by atoms with van der Waals surface area (Å²) < 4.78 is 7.04. The van der Waals surface area contributed by atoms with Crippen LogP contribution >= 0.6 is 0 Å². The molecule has 0 N–H and O–H groups in total. The van der Waals surface area contributed by atoms with Gasteiger partial charge in [-0.05, 0) is 0 Å². The van der Waals surface area contributed by atoms with Crippen molar-refractivity contribution in [3.05, 3.63) is 12.0 Å². The van der Waals surface area contributed by atoms with Gasteiger partial charge in [-0.2, -0.15) is 0 Å². The summed E-state index contributed by atoms with van der Waals surface area (Å²) in [7, 11) is 9.51. The van der Waals surface area contributed by atoms with Crippen LogP contribution in [0.5, 0.6) is 0 Å². The van der Waals surface area contributed by atoms with Gasteiger partial charge in [-0.3, -0.25) is 0 Å². The molecule has 0 bridgehead atoms. The molecule has 0 heterocycles. The number of nitrogens with zero attached hydrogens (tertiary/aromatic N) is 2. The zero-order chi connectivity index (χ0) is 8.85. The van der Waals surface area contributed by atoms with Crippen LogP contribution in [0.4, 0.5) is 0 Å². The molecule has 0 aliphatic carbocycles. The van der Waals surface area contributed by atoms with Gasteiger partial charge in [0.25, 0.3) is 0 Å². The van der Waals surface area contributed by atoms with Crippen molar-refractivity contribution in [1.29, 1.82) is 0 Å². The molecule has 0 saturated carbocycles. The van der Waals surface area contributed by atoms with Crippen molar-refractivity contribution in [1.82, 2.24) is 4.90 Å². The standard InChI is InChI=1S/C8H17N2O/c1-9(2)6-8(11-5)7-10(3)4/h6-7H,1-5H3/q+1. The zero-order valence-electron chi connectivity index (χ0n) is 7.96. The van der Waals surface area contributed by atoms with Gasteiger partial charge >= 0.3 is 0 Å². The Bertz CT molecular complexity index is 167. The van der Waals surface area contributed by atoms with Crippen LogP contribution in [0.15, 0.2) is 12.0 Å². The molecule has 0 aliphatic rings. The minimum Gasteiger partial charge on any atom is -0.490 e. The van der Waals surface area contributed by atoms with E-state index in [9.17, 15) is 0 Å². The summed E-state index contributed by atoms with van der Waals surface area (Å²) in [6, 6.07) is 0. The molecule has 11 heavy (non-hydrogen) atoms. The molecule has 0 spiro atoms. The number of ether oxygens (including phenoxy) is 1. The van der Waals surface area contributed by atoms with Crippen LogP contribution in [0.3, 0.4) is 0 Å². The van der Waals surface area contributed by atoms with E-state index < -0.39 is 0 Å². The van der Waals surface area contributed by atoms with E-state index in [1.165, 1.54) is 0 Å². The Labute approximate surface area is 68.6 Å². The molecule has 0 rings (SSSR count). The van der Waals surface area contributed by atoms with Crippen molar-refractivity contribution < 1.29 is 9.31 Å². The summed E-state index contributed by atoms with van der Waals surface area (Å²) >= 11 is 0. The molecule has 0 aromatic heterocycles. The maximum absolute atomic E-state index is 5.09. The first-order chi connectivity index (χ1) is 5.06. The van der Waals surface area contributed by atoms with Gasteiger partial charge in [-0.1, -0.05) is 0 Å². The van der Waals surface area contributed by atoms with Gasteiger partial charge in [-0.15, -0.1) is 0 Å². The van der Waals surface area contributed by atoms with Crippen molar-refractivity contribution in [3.63, 3.8) is 0 Å². The Kier molecular flexibility index (Phi) is 4.34. The van der Waals surface area contributed by atoms with Gasteiger partial charge < -0.3 is 9.64 Å². The molecule has 0 fully saturated rings. The summed E-state index contributed by atoms with van der Waals surface area (Å²) in [4.78, 5) is 1.94. The van der Waals surface area contributed by atoms with E-state index in [0.29, 0.717) is 0 Å². The first-order valence-electron chi connectivity index (χ1n) is 3.49. The molecule has 0 saturated heterocycles. The van der Waals surface area contributed by atoms with E-state index in [2.05, 4.69) is 0 Å². The Morgan fingerprint density at radius 1 is 1.36 bits per heavy atom. The number of allylic oxidation sites excluding steroid dienone is 1. The lowest BCUT2D eigenvalue weighted by Crippen LogP contribution is -2.08. The fourth-order valence-corrected chi connectivity index (χ4v) is 0.648. The zero-order valence-corrected chi connectivity index (χ0v) is 7.96. The van der Waals surface area contributed by atoms with E-state index in [0.717, 1.165) is 5.76 Å². The third-order valence-corrected chi connectivity index (χ3v) is 1.01. The number of hydrogen-bond acceptors (Lipinski definition) is 2. The maximum Gasteiger partial charge on any atom is 0.206 e. The summed E-state index contributed by atoms with van der Waals surface area (Å²) in [6.45, 7) is 0. The summed E-state index contributed by atoms with van der Waals surface area (Å²) in [5, 5.41) is 0. The minimum atomic E-state index is 0.847. The lowest BCUT2D eigenvalue weighted by Gasteiger charge is -2.05. The Balaban J connectivity index is 4.29. The summed E-state index contributed by atoms with van der Waals surface area (Å²) in [5.74, 6) is 0.847. The van der Waals surface area contributed by atoms with Crippen LogP contribution in [-0.2, 0) is 4.74 Å². The van der Waals surface area contributed by atoms with Crippen molar-refractivity contribution in [2.45, 2.75) is 0 Å². The number of rotatable bonds is 3. The lowest BCUT2D eigenvalue weighted by atomic mass is 10.5. The number of methoxy groups -OCH3 is 1. The van der Waals surface area contributed by atoms with Gasteiger partial charge in [0.05, 0.1) is 7.11 Å². The van der Waals surface area contributed by atoms with Crippen LogP contribution in [-0.4, -0.2) is 51.0 Å². The van der Waals surface area contributed by atoms with E-state index in [1.54, 1.807) is 7.11 Å². The third-order valence-electron chi connectivity index (χ3n) is 1.01. The molecule has 0 unspecified atom stereocenters. The molecule has 3 nitrogen and oxygen atoms in total. The van der Waals surface area contributed by atoms with Gasteiger partial charge in [0.2, 0.25) is 6.21 Å². The van der Waals surface area contributed by atoms with Crippen molar-refractivity contribution in [3.8, 4) is 0 Å². The van der Waals surface area contributed by atoms with Crippen LogP contribution < -0.4 is 0 Å². The minimum absolute atomic E-state index is 0.847. The molecule has 0 aromatic rings. The third kappa shape index (κ3) is 5.45. The molecule has 0 atom stereocenters. The fourth-order valence-electron chi connectivity index (χ4n) is 0.648. The predicted molar refractivity (Wildman–Crippen MR) is 47.0 cm³/mol. The van der Waals surface area contributed by atoms with Crippen molar-refractivity contribution >= 4 is 6.21 Å². The monoisotopic (exact) mass is 157 g/mol. The van der Waals surface area contributed by atoms with Crippen LogP contribution in [0.2, 0.25) is 0 Å². The van der Waals surface area contributed by atoms with Crippen molar-refractivity contribution in [2.75, 3.05) is 35.3 Å². The van der Waals surface area contributed by atoms with E-state index in [1.807, 2.05) is 50.1 Å². The molecule has 0 aliphatic heterocycles. The average molecular weight is 157 g/mol. The van der Waals surface area contributed by atoms with Crippen molar-refractivity contribution in [2.24, 2.45) is 0 Å². The highest BCUT2D eigenvalue weighted by Gasteiger charge is 1.95. The fraction of sp³-hybridized carbons (Fsp3) is 0.625. The van der Waals surface area contributed by atoms with Crippen LogP contribution in [0.1, 0.15) is 0 Å². The van der Waals surface area contributed by atoms with E-state index >= 15 is 0 Å². The second-order valence-electron chi connectivity index (χ2n) is 2.79. The molecule has 3 heteroatoms. The second kappa shape index (κ2) is 4.77. The van der Waals surface area contributed by atoms with Gasteiger partial charge in [0.1, 0.15) is 14.1 Å². The molecule has 64 valence electrons. The Morgan fingerprint density at radius 2 is 1.91 bits per heavy atom. The quantitative estimate of drug-likeness (QED) is 0.334. The second-order valence-corrected chi connectivity index (χ2v) is 2.79. The molecule has 0 aromatic carbocycles. The highest BCUT2D eigenvalue weighted by Crippen LogP contribution is 1.91. The SMILES string of the molecule is CO/C(C=[N+](C)C)=C/N(C)C.